The van der Waals surface area contributed by atoms with E-state index in [-0.39, 0.29) is 10.6 Å². The summed E-state index contributed by atoms with van der Waals surface area (Å²) in [5, 5.41) is 10.8. The van der Waals surface area contributed by atoms with Crippen molar-refractivity contribution in [2.75, 3.05) is 0 Å². The standard InChI is InChI=1S/C9H7BrN2O2/c10-11-5-7-3-1-2-4-8(7)9(6-11)12(13)14/h1-4,6H,5H2. The third-order valence-electron chi connectivity index (χ3n) is 2.07. The lowest BCUT2D eigenvalue weighted by molar-refractivity contribution is -0.376. The van der Waals surface area contributed by atoms with E-state index in [0.29, 0.717) is 12.1 Å². The molecular formula is C9H7BrN2O2. The van der Waals surface area contributed by atoms with Gasteiger partial charge >= 0.3 is 0 Å². The number of halogens is 1. The Morgan fingerprint density at radius 3 is 2.86 bits per heavy atom. The Hall–Kier alpha value is -1.36. The summed E-state index contributed by atoms with van der Waals surface area (Å²) in [6.07, 6.45) is 1.49. The van der Waals surface area contributed by atoms with Gasteiger partial charge in [0.05, 0.1) is 23.2 Å². The Kier molecular flexibility index (Phi) is 2.25. The highest BCUT2D eigenvalue weighted by molar-refractivity contribution is 9.07. The van der Waals surface area contributed by atoms with E-state index in [4.69, 9.17) is 0 Å². The van der Waals surface area contributed by atoms with Crippen LogP contribution in [-0.4, -0.2) is 8.85 Å². The van der Waals surface area contributed by atoms with Gasteiger partial charge in [0.25, 0.3) is 5.70 Å². The predicted octanol–water partition coefficient (Wildman–Crippen LogP) is 2.39. The summed E-state index contributed by atoms with van der Waals surface area (Å²) in [4.78, 5) is 10.4. The molecule has 1 aromatic rings. The van der Waals surface area contributed by atoms with Gasteiger partial charge in [-0.3, -0.25) is 10.1 Å². The smallest absolute Gasteiger partial charge is 0.293 e. The van der Waals surface area contributed by atoms with Crippen molar-refractivity contribution in [2.45, 2.75) is 6.54 Å². The van der Waals surface area contributed by atoms with Crippen LogP contribution in [0.3, 0.4) is 0 Å². The van der Waals surface area contributed by atoms with Crippen LogP contribution in [0.4, 0.5) is 0 Å². The number of benzene rings is 1. The molecule has 0 amide bonds. The summed E-state index contributed by atoms with van der Waals surface area (Å²) in [7, 11) is 0. The average molecular weight is 255 g/mol. The van der Waals surface area contributed by atoms with Gasteiger partial charge in [0.15, 0.2) is 0 Å². The third kappa shape index (κ3) is 1.50. The minimum atomic E-state index is -0.369. The minimum absolute atomic E-state index is 0.128. The van der Waals surface area contributed by atoms with Gasteiger partial charge in [0.2, 0.25) is 0 Å². The molecule has 0 unspecified atom stereocenters. The lowest BCUT2D eigenvalue weighted by Gasteiger charge is -2.18. The Morgan fingerprint density at radius 1 is 1.43 bits per heavy atom. The molecule has 0 spiro atoms. The van der Waals surface area contributed by atoms with Crippen LogP contribution < -0.4 is 0 Å². The maximum absolute atomic E-state index is 10.8. The normalized spacial score (nSPS) is 14.6. The molecule has 1 heterocycles. The highest BCUT2D eigenvalue weighted by atomic mass is 79.9. The molecule has 0 radical (unpaired) electrons. The maximum atomic E-state index is 10.8. The van der Waals surface area contributed by atoms with Crippen molar-refractivity contribution in [3.63, 3.8) is 0 Å². The molecule has 1 aromatic carbocycles. The second kappa shape index (κ2) is 3.42. The van der Waals surface area contributed by atoms with Gasteiger partial charge in [-0.05, 0) is 11.6 Å². The molecular weight excluding hydrogens is 248 g/mol. The Bertz CT molecular complexity index is 417. The van der Waals surface area contributed by atoms with Gasteiger partial charge < -0.3 is 3.93 Å². The van der Waals surface area contributed by atoms with Gasteiger partial charge in [0.1, 0.15) is 0 Å². The van der Waals surface area contributed by atoms with Crippen LogP contribution in [0.5, 0.6) is 0 Å². The number of fused-ring (bicyclic) bond motifs is 1. The highest BCUT2D eigenvalue weighted by Crippen LogP contribution is 2.28. The van der Waals surface area contributed by atoms with E-state index < -0.39 is 0 Å². The zero-order valence-electron chi connectivity index (χ0n) is 7.18. The maximum Gasteiger partial charge on any atom is 0.293 e. The first-order valence-corrected chi connectivity index (χ1v) is 4.76. The quantitative estimate of drug-likeness (QED) is 0.439. The zero-order valence-corrected chi connectivity index (χ0v) is 8.77. The second-order valence-electron chi connectivity index (χ2n) is 2.99. The zero-order chi connectivity index (χ0) is 10.1. The molecule has 0 bridgehead atoms. The second-order valence-corrected chi connectivity index (χ2v) is 3.90. The number of hydrogen-bond acceptors (Lipinski definition) is 3. The van der Waals surface area contributed by atoms with E-state index in [1.807, 2.05) is 12.1 Å². The molecule has 0 saturated heterocycles. The fourth-order valence-corrected chi connectivity index (χ4v) is 1.93. The molecule has 0 saturated carbocycles. The van der Waals surface area contributed by atoms with E-state index >= 15 is 0 Å². The van der Waals surface area contributed by atoms with Gasteiger partial charge in [0, 0.05) is 16.1 Å². The van der Waals surface area contributed by atoms with Crippen LogP contribution in [0.1, 0.15) is 11.1 Å². The molecule has 0 aromatic heterocycles. The van der Waals surface area contributed by atoms with Gasteiger partial charge in [-0.25, -0.2) is 0 Å². The molecule has 14 heavy (non-hydrogen) atoms. The fraction of sp³-hybridized carbons (Fsp3) is 0.111. The van der Waals surface area contributed by atoms with Crippen LogP contribution in [0, 0.1) is 10.1 Å². The van der Waals surface area contributed by atoms with Crippen molar-refractivity contribution in [3.8, 4) is 0 Å². The van der Waals surface area contributed by atoms with Crippen molar-refractivity contribution in [1.29, 1.82) is 0 Å². The van der Waals surface area contributed by atoms with Crippen LogP contribution in [0.15, 0.2) is 30.5 Å². The molecule has 2 rings (SSSR count). The van der Waals surface area contributed by atoms with Crippen LogP contribution in [-0.2, 0) is 6.54 Å². The first-order chi connectivity index (χ1) is 6.68. The number of nitrogens with zero attached hydrogens (tertiary/aromatic N) is 2. The number of nitro groups is 1. The molecule has 72 valence electrons. The first kappa shape index (κ1) is 9.21. The highest BCUT2D eigenvalue weighted by Gasteiger charge is 2.23. The molecule has 0 N–H and O–H groups in total. The van der Waals surface area contributed by atoms with Crippen molar-refractivity contribution < 1.29 is 4.92 Å². The van der Waals surface area contributed by atoms with E-state index in [0.717, 1.165) is 5.56 Å². The Labute approximate surface area is 89.3 Å². The lowest BCUT2D eigenvalue weighted by atomic mass is 10.0. The van der Waals surface area contributed by atoms with Crippen LogP contribution >= 0.6 is 16.1 Å². The summed E-state index contributed by atoms with van der Waals surface area (Å²) in [6.45, 7) is 0.646. The van der Waals surface area contributed by atoms with Crippen molar-refractivity contribution in [3.05, 3.63) is 51.7 Å². The number of hydrogen-bond donors (Lipinski definition) is 0. The van der Waals surface area contributed by atoms with E-state index in [1.165, 1.54) is 6.20 Å². The molecule has 5 heteroatoms. The largest absolute Gasteiger partial charge is 0.304 e. The predicted molar refractivity (Wildman–Crippen MR) is 55.9 cm³/mol. The van der Waals surface area contributed by atoms with Crippen LogP contribution in [0.2, 0.25) is 0 Å². The third-order valence-corrected chi connectivity index (χ3v) is 2.53. The van der Waals surface area contributed by atoms with Gasteiger partial charge in [-0.2, -0.15) is 0 Å². The van der Waals surface area contributed by atoms with Crippen molar-refractivity contribution >= 4 is 21.8 Å². The molecule has 1 aliphatic rings. The topological polar surface area (TPSA) is 46.4 Å². The molecule has 0 fully saturated rings. The van der Waals surface area contributed by atoms with E-state index in [2.05, 4.69) is 16.1 Å². The van der Waals surface area contributed by atoms with E-state index in [1.54, 1.807) is 16.1 Å². The Balaban J connectivity index is 2.55. The number of rotatable bonds is 1. The lowest BCUT2D eigenvalue weighted by Crippen LogP contribution is -2.15. The SMILES string of the molecule is O=[N+]([O-])C1=CN(Br)Cc2ccccc21. The minimum Gasteiger partial charge on any atom is -0.304 e. The monoisotopic (exact) mass is 254 g/mol. The summed E-state index contributed by atoms with van der Waals surface area (Å²) in [5.41, 5.74) is 1.79. The van der Waals surface area contributed by atoms with Crippen LogP contribution in [0.25, 0.3) is 5.70 Å². The molecule has 4 nitrogen and oxygen atoms in total. The summed E-state index contributed by atoms with van der Waals surface area (Å²) >= 11 is 3.22. The van der Waals surface area contributed by atoms with E-state index in [9.17, 15) is 10.1 Å². The molecule has 0 atom stereocenters. The summed E-state index contributed by atoms with van der Waals surface area (Å²) in [6, 6.07) is 7.34. The summed E-state index contributed by atoms with van der Waals surface area (Å²) in [5.74, 6) is 0. The summed E-state index contributed by atoms with van der Waals surface area (Å²) < 4.78 is 1.63. The average Bonchev–Trinajstić information content (AvgIpc) is 2.16. The van der Waals surface area contributed by atoms with Gasteiger partial charge in [-0.1, -0.05) is 18.2 Å². The molecule has 0 aliphatic carbocycles. The fourth-order valence-electron chi connectivity index (χ4n) is 1.46. The molecule has 1 aliphatic heterocycles. The first-order valence-electron chi connectivity index (χ1n) is 4.05. The Morgan fingerprint density at radius 2 is 2.14 bits per heavy atom. The van der Waals surface area contributed by atoms with Crippen molar-refractivity contribution in [2.24, 2.45) is 0 Å². The van der Waals surface area contributed by atoms with Gasteiger partial charge in [-0.15, -0.1) is 0 Å². The van der Waals surface area contributed by atoms with Crippen molar-refractivity contribution in [1.82, 2.24) is 3.93 Å².